The lowest BCUT2D eigenvalue weighted by atomic mass is 9.82. The van der Waals surface area contributed by atoms with E-state index >= 15 is 0 Å². The number of anilines is 1. The highest BCUT2D eigenvalue weighted by Gasteiger charge is 2.35. The highest BCUT2D eigenvalue weighted by Crippen LogP contribution is 2.41. The second-order valence-corrected chi connectivity index (χ2v) is 7.86. The molecule has 0 aliphatic carbocycles. The number of methoxy groups -OCH3 is 2. The predicted octanol–water partition coefficient (Wildman–Crippen LogP) is 3.23. The van der Waals surface area contributed by atoms with Crippen molar-refractivity contribution < 1.29 is 23.6 Å². The molecule has 1 aromatic heterocycles. The average molecular weight is 455 g/mol. The number of ether oxygens (including phenoxy) is 2. The van der Waals surface area contributed by atoms with Crippen molar-refractivity contribution in [3.63, 3.8) is 0 Å². The smallest absolute Gasteiger partial charge is 0.336 e. The maximum Gasteiger partial charge on any atom is 0.336 e. The first-order valence-corrected chi connectivity index (χ1v) is 10.6. The number of hydrogen-bond donors (Lipinski definition) is 2. The van der Waals surface area contributed by atoms with Gasteiger partial charge < -0.3 is 24.6 Å². The summed E-state index contributed by atoms with van der Waals surface area (Å²) >= 11 is 1.16. The van der Waals surface area contributed by atoms with Crippen molar-refractivity contribution in [1.29, 1.82) is 5.26 Å². The molecule has 2 N–H and O–H groups in total. The van der Waals surface area contributed by atoms with Crippen LogP contribution in [-0.4, -0.2) is 37.0 Å². The molecule has 1 aromatic carbocycles. The van der Waals surface area contributed by atoms with Gasteiger partial charge in [-0.2, -0.15) is 5.26 Å². The number of hydrogen-bond acceptors (Lipinski definition) is 9. The summed E-state index contributed by atoms with van der Waals surface area (Å²) in [5, 5.41) is 19.9. The molecule has 2 aromatic rings. The molecule has 0 bridgehead atoms. The quantitative estimate of drug-likeness (QED) is 0.606. The number of rotatable bonds is 7. The van der Waals surface area contributed by atoms with E-state index in [0.717, 1.165) is 17.3 Å². The standard InChI is InChI=1S/C22H22N4O5S/c1-12-9-17(26-31-12)25-18(27)11-32-21-16(10-23)20(14-5-7-15(29-3)8-6-14)19(13(2)24-21)22(28)30-4/h5-9,20,24H,11H2,1-4H3,(H,25,26,27). The van der Waals surface area contributed by atoms with Gasteiger partial charge in [0.15, 0.2) is 5.82 Å². The number of amides is 1. The molecule has 0 fully saturated rings. The van der Waals surface area contributed by atoms with Gasteiger partial charge in [-0.1, -0.05) is 29.1 Å². The van der Waals surface area contributed by atoms with Gasteiger partial charge in [0.25, 0.3) is 0 Å². The Kier molecular flexibility index (Phi) is 7.22. The number of benzene rings is 1. The number of nitrogens with zero attached hydrogens (tertiary/aromatic N) is 2. The van der Waals surface area contributed by atoms with E-state index in [1.165, 1.54) is 7.11 Å². The fourth-order valence-electron chi connectivity index (χ4n) is 3.28. The summed E-state index contributed by atoms with van der Waals surface area (Å²) in [6.45, 7) is 3.45. The molecule has 32 heavy (non-hydrogen) atoms. The van der Waals surface area contributed by atoms with Gasteiger partial charge in [-0.05, 0) is 31.5 Å². The lowest BCUT2D eigenvalue weighted by molar-refractivity contribution is -0.136. The van der Waals surface area contributed by atoms with Gasteiger partial charge >= 0.3 is 5.97 Å². The average Bonchev–Trinajstić information content (AvgIpc) is 3.20. The zero-order chi connectivity index (χ0) is 23.3. The summed E-state index contributed by atoms with van der Waals surface area (Å²) in [6, 6.07) is 10.9. The molecule has 2 heterocycles. The molecule has 3 rings (SSSR count). The topological polar surface area (TPSA) is 126 Å². The number of dihydropyridines is 1. The van der Waals surface area contributed by atoms with Crippen molar-refractivity contribution in [1.82, 2.24) is 10.5 Å². The SMILES string of the molecule is COC(=O)C1=C(C)NC(SCC(=O)Nc2cc(C)on2)=C(C#N)C1c1ccc(OC)cc1. The summed E-state index contributed by atoms with van der Waals surface area (Å²) in [7, 11) is 2.86. The van der Waals surface area contributed by atoms with Crippen LogP contribution in [0, 0.1) is 18.3 Å². The number of aryl methyl sites for hydroxylation is 1. The van der Waals surface area contributed by atoms with E-state index in [9.17, 15) is 14.9 Å². The minimum absolute atomic E-state index is 0.0234. The van der Waals surface area contributed by atoms with Crippen molar-refractivity contribution in [2.75, 3.05) is 25.3 Å². The second kappa shape index (κ2) is 10.1. The zero-order valence-corrected chi connectivity index (χ0v) is 18.8. The van der Waals surface area contributed by atoms with Crippen molar-refractivity contribution >= 4 is 29.5 Å². The highest BCUT2D eigenvalue weighted by molar-refractivity contribution is 8.03. The number of thioether (sulfide) groups is 1. The molecule has 1 unspecified atom stereocenters. The van der Waals surface area contributed by atoms with Gasteiger partial charge in [0.2, 0.25) is 5.91 Å². The van der Waals surface area contributed by atoms with E-state index in [1.54, 1.807) is 51.3 Å². The number of esters is 1. The molecule has 1 atom stereocenters. The Labute approximate surface area is 189 Å². The molecular weight excluding hydrogens is 432 g/mol. The first kappa shape index (κ1) is 23.0. The van der Waals surface area contributed by atoms with Crippen LogP contribution in [0.2, 0.25) is 0 Å². The van der Waals surface area contributed by atoms with Gasteiger partial charge in [-0.3, -0.25) is 4.79 Å². The minimum atomic E-state index is -0.650. The number of carbonyl (C=O) groups excluding carboxylic acids is 2. The molecule has 0 saturated heterocycles. The third-order valence-corrected chi connectivity index (χ3v) is 5.76. The van der Waals surface area contributed by atoms with E-state index in [-0.39, 0.29) is 11.7 Å². The fraction of sp³-hybridized carbons (Fsp3) is 0.273. The number of nitrogens with one attached hydrogen (secondary N) is 2. The Morgan fingerprint density at radius 1 is 1.28 bits per heavy atom. The summed E-state index contributed by atoms with van der Waals surface area (Å²) in [4.78, 5) is 24.9. The van der Waals surface area contributed by atoms with E-state index in [4.69, 9.17) is 14.0 Å². The predicted molar refractivity (Wildman–Crippen MR) is 119 cm³/mol. The summed E-state index contributed by atoms with van der Waals surface area (Å²) in [5.41, 5.74) is 1.92. The third kappa shape index (κ3) is 4.95. The first-order valence-electron chi connectivity index (χ1n) is 9.58. The van der Waals surface area contributed by atoms with Crippen LogP contribution >= 0.6 is 11.8 Å². The zero-order valence-electron chi connectivity index (χ0n) is 18.0. The van der Waals surface area contributed by atoms with Crippen LogP contribution in [0.3, 0.4) is 0 Å². The molecule has 0 saturated carbocycles. The summed E-state index contributed by atoms with van der Waals surface area (Å²) in [6.07, 6.45) is 0. The maximum absolute atomic E-state index is 12.6. The molecule has 10 heteroatoms. The number of aromatic nitrogens is 1. The Morgan fingerprint density at radius 3 is 2.56 bits per heavy atom. The van der Waals surface area contributed by atoms with Gasteiger partial charge in [0.1, 0.15) is 11.5 Å². The summed E-state index contributed by atoms with van der Waals surface area (Å²) in [5.74, 6) is 0.0794. The second-order valence-electron chi connectivity index (χ2n) is 6.88. The van der Waals surface area contributed by atoms with Crippen LogP contribution in [-0.2, 0) is 14.3 Å². The first-order chi connectivity index (χ1) is 15.4. The Bertz CT molecular complexity index is 1130. The van der Waals surface area contributed by atoms with E-state index in [1.807, 2.05) is 0 Å². The van der Waals surface area contributed by atoms with Gasteiger partial charge in [-0.25, -0.2) is 4.79 Å². The molecule has 1 aliphatic rings. The molecule has 1 aliphatic heterocycles. The molecule has 1 amide bonds. The number of carbonyl (C=O) groups is 2. The Hall–Kier alpha value is -3.71. The van der Waals surface area contributed by atoms with Crippen LogP contribution in [0.15, 0.2) is 56.7 Å². The van der Waals surface area contributed by atoms with E-state index < -0.39 is 11.9 Å². The van der Waals surface area contributed by atoms with Crippen LogP contribution in [0.25, 0.3) is 0 Å². The van der Waals surface area contributed by atoms with Crippen molar-refractivity contribution in [3.8, 4) is 11.8 Å². The number of nitriles is 1. The maximum atomic E-state index is 12.6. The van der Waals surface area contributed by atoms with E-state index in [2.05, 4.69) is 21.9 Å². The Morgan fingerprint density at radius 2 is 2.00 bits per heavy atom. The number of allylic oxidation sites excluding steroid dienone is 2. The molecule has 0 radical (unpaired) electrons. The van der Waals surface area contributed by atoms with Crippen molar-refractivity contribution in [2.24, 2.45) is 0 Å². The summed E-state index contributed by atoms with van der Waals surface area (Å²) < 4.78 is 15.1. The largest absolute Gasteiger partial charge is 0.497 e. The molecular formula is C22H22N4O5S. The third-order valence-electron chi connectivity index (χ3n) is 4.74. The molecule has 166 valence electrons. The molecule has 9 nitrogen and oxygen atoms in total. The van der Waals surface area contributed by atoms with Gasteiger partial charge in [0.05, 0.1) is 48.1 Å². The van der Waals surface area contributed by atoms with Crippen LogP contribution in [0.1, 0.15) is 24.2 Å². The van der Waals surface area contributed by atoms with Gasteiger partial charge in [0, 0.05) is 11.8 Å². The molecule has 0 spiro atoms. The monoisotopic (exact) mass is 454 g/mol. The highest BCUT2D eigenvalue weighted by atomic mass is 32.2. The fourth-order valence-corrected chi connectivity index (χ4v) is 4.17. The van der Waals surface area contributed by atoms with Crippen molar-refractivity contribution in [2.45, 2.75) is 19.8 Å². The van der Waals surface area contributed by atoms with Crippen LogP contribution < -0.4 is 15.4 Å². The Balaban J connectivity index is 1.90. The van der Waals surface area contributed by atoms with Crippen molar-refractivity contribution in [3.05, 3.63) is 63.5 Å². The van der Waals surface area contributed by atoms with E-state index in [0.29, 0.717) is 39.2 Å². The van der Waals surface area contributed by atoms with Gasteiger partial charge in [-0.15, -0.1) is 0 Å². The lowest BCUT2D eigenvalue weighted by Crippen LogP contribution is -2.29. The van der Waals surface area contributed by atoms with Crippen LogP contribution in [0.5, 0.6) is 5.75 Å². The lowest BCUT2D eigenvalue weighted by Gasteiger charge is -2.29. The van der Waals surface area contributed by atoms with Crippen LogP contribution in [0.4, 0.5) is 5.82 Å². The minimum Gasteiger partial charge on any atom is -0.497 e. The normalized spacial score (nSPS) is 15.7.